The zero-order chi connectivity index (χ0) is 23.6. The van der Waals surface area contributed by atoms with Crippen LogP contribution in [-0.2, 0) is 17.9 Å². The fourth-order valence-corrected chi connectivity index (χ4v) is 2.91. The lowest BCUT2D eigenvalue weighted by Gasteiger charge is -2.12. The van der Waals surface area contributed by atoms with Gasteiger partial charge in [-0.2, -0.15) is 0 Å². The minimum atomic E-state index is -0.0875. The van der Waals surface area contributed by atoms with Gasteiger partial charge in [0.1, 0.15) is 12.0 Å². The normalized spacial score (nSPS) is 10.9. The Morgan fingerprint density at radius 2 is 1.91 bits per heavy atom. The summed E-state index contributed by atoms with van der Waals surface area (Å²) in [6, 6.07) is 15.6. The van der Waals surface area contributed by atoms with Crippen molar-refractivity contribution >= 4 is 35.8 Å². The van der Waals surface area contributed by atoms with Crippen molar-refractivity contribution in [2.24, 2.45) is 4.99 Å². The van der Waals surface area contributed by atoms with Crippen molar-refractivity contribution in [3.63, 3.8) is 0 Å². The lowest BCUT2D eigenvalue weighted by Crippen LogP contribution is -2.36. The van der Waals surface area contributed by atoms with Crippen LogP contribution in [0.4, 0.5) is 0 Å². The SMILES string of the molecule is CCNC(=NCc1cccc(OCC(=O)N(C)C)c1)NCc1coc(-c2ccc(C)cc2)n1.I. The second-order valence-corrected chi connectivity index (χ2v) is 7.78. The largest absolute Gasteiger partial charge is 0.484 e. The second kappa shape index (κ2) is 13.6. The van der Waals surface area contributed by atoms with Gasteiger partial charge < -0.3 is 24.7 Å². The molecule has 0 aliphatic carbocycles. The van der Waals surface area contributed by atoms with Crippen molar-refractivity contribution in [3.05, 3.63) is 71.6 Å². The number of carbonyl (C=O) groups is 1. The number of rotatable bonds is 9. The summed E-state index contributed by atoms with van der Waals surface area (Å²) in [4.78, 5) is 22.4. The van der Waals surface area contributed by atoms with E-state index in [-0.39, 0.29) is 36.5 Å². The van der Waals surface area contributed by atoms with Crippen LogP contribution in [0.2, 0.25) is 0 Å². The number of oxazole rings is 1. The number of amides is 1. The first-order valence-corrected chi connectivity index (χ1v) is 10.9. The highest BCUT2D eigenvalue weighted by Crippen LogP contribution is 2.19. The summed E-state index contributed by atoms with van der Waals surface area (Å²) in [5, 5.41) is 6.52. The summed E-state index contributed by atoms with van der Waals surface area (Å²) < 4.78 is 11.2. The molecule has 0 unspecified atom stereocenters. The van der Waals surface area contributed by atoms with Crippen LogP contribution in [0.3, 0.4) is 0 Å². The van der Waals surface area contributed by atoms with Crippen molar-refractivity contribution in [2.75, 3.05) is 27.2 Å². The molecule has 0 aliphatic rings. The molecule has 1 heterocycles. The smallest absolute Gasteiger partial charge is 0.259 e. The van der Waals surface area contributed by atoms with Crippen molar-refractivity contribution < 1.29 is 13.9 Å². The van der Waals surface area contributed by atoms with Gasteiger partial charge in [-0.1, -0.05) is 29.8 Å². The molecule has 3 aromatic rings. The van der Waals surface area contributed by atoms with E-state index in [0.29, 0.717) is 30.7 Å². The van der Waals surface area contributed by atoms with Crippen LogP contribution < -0.4 is 15.4 Å². The molecule has 0 saturated heterocycles. The summed E-state index contributed by atoms with van der Waals surface area (Å²) in [5.41, 5.74) is 3.90. The fraction of sp³-hybridized carbons (Fsp3) is 0.320. The van der Waals surface area contributed by atoms with Crippen molar-refractivity contribution in [1.29, 1.82) is 0 Å². The number of likely N-dealkylation sites (N-methyl/N-ethyl adjacent to an activating group) is 1. The number of ether oxygens (including phenoxy) is 1. The Morgan fingerprint density at radius 3 is 2.62 bits per heavy atom. The highest BCUT2D eigenvalue weighted by molar-refractivity contribution is 14.0. The molecular formula is C25H32IN5O3. The molecule has 3 rings (SSSR count). The Hall–Kier alpha value is -3.08. The molecule has 0 atom stereocenters. The summed E-state index contributed by atoms with van der Waals surface area (Å²) in [6.07, 6.45) is 1.65. The summed E-state index contributed by atoms with van der Waals surface area (Å²) in [5.74, 6) is 1.82. The lowest BCUT2D eigenvalue weighted by molar-refractivity contribution is -0.130. The van der Waals surface area contributed by atoms with Gasteiger partial charge in [-0.3, -0.25) is 4.79 Å². The number of aryl methyl sites for hydroxylation is 1. The van der Waals surface area contributed by atoms with Gasteiger partial charge in [-0.15, -0.1) is 24.0 Å². The van der Waals surface area contributed by atoms with Gasteiger partial charge in [0.25, 0.3) is 5.91 Å². The number of halogens is 1. The van der Waals surface area contributed by atoms with Gasteiger partial charge >= 0.3 is 0 Å². The summed E-state index contributed by atoms with van der Waals surface area (Å²) in [7, 11) is 3.41. The van der Waals surface area contributed by atoms with E-state index in [2.05, 4.69) is 20.6 Å². The quantitative estimate of drug-likeness (QED) is 0.227. The standard InChI is InChI=1S/C25H31N5O3.HI/c1-5-26-25(27-14-19-7-6-8-22(13-19)32-17-23(31)30(3)4)28-15-21-16-33-24(29-21)20-11-9-18(2)10-12-20;/h6-13,16H,5,14-15,17H2,1-4H3,(H2,26,27,28);1H. The predicted octanol–water partition coefficient (Wildman–Crippen LogP) is 3.99. The molecule has 2 aromatic carbocycles. The van der Waals surface area contributed by atoms with Gasteiger partial charge in [0.2, 0.25) is 5.89 Å². The maximum Gasteiger partial charge on any atom is 0.259 e. The number of aromatic nitrogens is 1. The molecule has 9 heteroatoms. The van der Waals surface area contributed by atoms with E-state index < -0.39 is 0 Å². The topological polar surface area (TPSA) is 92.0 Å². The molecule has 8 nitrogen and oxygen atoms in total. The molecule has 0 spiro atoms. The zero-order valence-electron chi connectivity index (χ0n) is 20.0. The molecule has 0 saturated carbocycles. The van der Waals surface area contributed by atoms with E-state index in [4.69, 9.17) is 9.15 Å². The number of benzene rings is 2. The van der Waals surface area contributed by atoms with E-state index in [1.807, 2.05) is 62.4 Å². The maximum atomic E-state index is 11.7. The lowest BCUT2D eigenvalue weighted by atomic mass is 10.1. The van der Waals surface area contributed by atoms with Crippen LogP contribution in [0, 0.1) is 6.92 Å². The number of nitrogens with one attached hydrogen (secondary N) is 2. The van der Waals surface area contributed by atoms with Gasteiger partial charge in [0, 0.05) is 26.2 Å². The van der Waals surface area contributed by atoms with Crippen LogP contribution in [0.1, 0.15) is 23.7 Å². The molecule has 34 heavy (non-hydrogen) atoms. The monoisotopic (exact) mass is 577 g/mol. The molecule has 0 fully saturated rings. The number of guanidine groups is 1. The molecule has 0 aliphatic heterocycles. The predicted molar refractivity (Wildman–Crippen MR) is 144 cm³/mol. The zero-order valence-corrected chi connectivity index (χ0v) is 22.3. The summed E-state index contributed by atoms with van der Waals surface area (Å²) in [6.45, 7) is 5.74. The minimum Gasteiger partial charge on any atom is -0.484 e. The highest BCUT2D eigenvalue weighted by Gasteiger charge is 2.08. The minimum absolute atomic E-state index is 0. The van der Waals surface area contributed by atoms with Crippen LogP contribution in [-0.4, -0.2) is 49.0 Å². The van der Waals surface area contributed by atoms with Gasteiger partial charge in [0.05, 0.1) is 18.8 Å². The van der Waals surface area contributed by atoms with Gasteiger partial charge in [-0.05, 0) is 43.7 Å². The molecule has 1 aromatic heterocycles. The molecule has 0 bridgehead atoms. The third kappa shape index (κ3) is 8.36. The number of hydrogen-bond acceptors (Lipinski definition) is 5. The first-order chi connectivity index (χ1) is 15.9. The van der Waals surface area contributed by atoms with Crippen molar-refractivity contribution in [3.8, 4) is 17.2 Å². The van der Waals surface area contributed by atoms with Crippen molar-refractivity contribution in [1.82, 2.24) is 20.5 Å². The van der Waals surface area contributed by atoms with E-state index in [9.17, 15) is 4.79 Å². The second-order valence-electron chi connectivity index (χ2n) is 7.78. The molecule has 0 radical (unpaired) electrons. The number of carbonyl (C=O) groups excluding carboxylic acids is 1. The highest BCUT2D eigenvalue weighted by atomic mass is 127. The van der Waals surface area contributed by atoms with Gasteiger partial charge in [0.15, 0.2) is 12.6 Å². The Bertz CT molecular complexity index is 1080. The molecule has 2 N–H and O–H groups in total. The average Bonchev–Trinajstić information content (AvgIpc) is 3.29. The van der Waals surface area contributed by atoms with Gasteiger partial charge in [-0.25, -0.2) is 9.98 Å². The van der Waals surface area contributed by atoms with E-state index in [0.717, 1.165) is 23.4 Å². The number of aliphatic imine (C=N–C) groups is 1. The van der Waals surface area contributed by atoms with Crippen LogP contribution in [0.5, 0.6) is 5.75 Å². The van der Waals surface area contributed by atoms with E-state index in [1.54, 1.807) is 20.4 Å². The van der Waals surface area contributed by atoms with Crippen LogP contribution in [0.25, 0.3) is 11.5 Å². The first kappa shape index (κ1) is 27.2. The molecular weight excluding hydrogens is 545 g/mol. The third-order valence-corrected chi connectivity index (χ3v) is 4.81. The maximum absolute atomic E-state index is 11.7. The first-order valence-electron chi connectivity index (χ1n) is 10.9. The van der Waals surface area contributed by atoms with E-state index in [1.165, 1.54) is 10.5 Å². The Kier molecular flexibility index (Phi) is 10.9. The Balaban J connectivity index is 0.00000408. The van der Waals surface area contributed by atoms with E-state index >= 15 is 0 Å². The van der Waals surface area contributed by atoms with Crippen LogP contribution >= 0.6 is 24.0 Å². The molecule has 182 valence electrons. The fourth-order valence-electron chi connectivity index (χ4n) is 2.91. The number of nitrogens with zero attached hydrogens (tertiary/aromatic N) is 3. The van der Waals surface area contributed by atoms with Crippen LogP contribution in [0.15, 0.2) is 64.2 Å². The molecule has 1 amide bonds. The van der Waals surface area contributed by atoms with Crippen molar-refractivity contribution in [2.45, 2.75) is 26.9 Å². The Labute approximate surface area is 217 Å². The summed E-state index contributed by atoms with van der Waals surface area (Å²) >= 11 is 0. The average molecular weight is 577 g/mol. The Morgan fingerprint density at radius 1 is 1.15 bits per heavy atom. The number of hydrogen-bond donors (Lipinski definition) is 2. The third-order valence-electron chi connectivity index (χ3n) is 4.81.